The molecular formula is C25H29N3O3. The lowest BCUT2D eigenvalue weighted by molar-refractivity contribution is -0.142. The van der Waals surface area contributed by atoms with Gasteiger partial charge in [-0.15, -0.1) is 0 Å². The molecule has 5 rings (SSSR count). The van der Waals surface area contributed by atoms with Gasteiger partial charge in [0.05, 0.1) is 0 Å². The monoisotopic (exact) mass is 419 g/mol. The number of carbonyl (C=O) groups is 3. The molecule has 4 amide bonds. The minimum absolute atomic E-state index is 0.109. The number of fused-ring (bicyclic) bond motifs is 2. The molecular weight excluding hydrogens is 390 g/mol. The van der Waals surface area contributed by atoms with E-state index in [1.54, 1.807) is 6.92 Å². The molecule has 1 aliphatic carbocycles. The van der Waals surface area contributed by atoms with Gasteiger partial charge in [0.2, 0.25) is 5.91 Å². The minimum Gasteiger partial charge on any atom is -0.338 e. The number of urea groups is 1. The number of nitrogens with zero attached hydrogens (tertiary/aromatic N) is 2. The quantitative estimate of drug-likeness (QED) is 0.770. The van der Waals surface area contributed by atoms with Gasteiger partial charge >= 0.3 is 6.03 Å². The predicted octanol–water partition coefficient (Wildman–Crippen LogP) is 3.79. The number of hydrogen-bond acceptors (Lipinski definition) is 3. The number of hydrogen-bond donors (Lipinski definition) is 1. The van der Waals surface area contributed by atoms with Gasteiger partial charge in [-0.1, -0.05) is 55.3 Å². The maximum atomic E-state index is 13.5. The molecule has 1 N–H and O–H groups in total. The summed E-state index contributed by atoms with van der Waals surface area (Å²) < 4.78 is 0. The third kappa shape index (κ3) is 3.29. The van der Waals surface area contributed by atoms with Crippen LogP contribution in [0.3, 0.4) is 0 Å². The lowest BCUT2D eigenvalue weighted by Gasteiger charge is -2.44. The molecule has 3 fully saturated rings. The van der Waals surface area contributed by atoms with Gasteiger partial charge in [0.25, 0.3) is 5.91 Å². The number of rotatable bonds is 3. The van der Waals surface area contributed by atoms with Crippen molar-refractivity contribution in [1.29, 1.82) is 0 Å². The van der Waals surface area contributed by atoms with Crippen LogP contribution < -0.4 is 5.32 Å². The number of piperidine rings is 1. The van der Waals surface area contributed by atoms with Gasteiger partial charge in [0.1, 0.15) is 12.1 Å². The number of imide groups is 1. The highest BCUT2D eigenvalue weighted by molar-refractivity contribution is 6.10. The molecule has 6 nitrogen and oxygen atoms in total. The van der Waals surface area contributed by atoms with Gasteiger partial charge in [-0.2, -0.15) is 0 Å². The van der Waals surface area contributed by atoms with Crippen molar-refractivity contribution >= 4 is 28.6 Å². The van der Waals surface area contributed by atoms with E-state index < -0.39 is 11.6 Å². The van der Waals surface area contributed by atoms with Crippen molar-refractivity contribution in [2.45, 2.75) is 57.0 Å². The summed E-state index contributed by atoms with van der Waals surface area (Å²) >= 11 is 0. The Morgan fingerprint density at radius 3 is 2.65 bits per heavy atom. The Morgan fingerprint density at radius 1 is 1.03 bits per heavy atom. The molecule has 2 aliphatic heterocycles. The van der Waals surface area contributed by atoms with Crippen molar-refractivity contribution in [3.05, 3.63) is 48.0 Å². The summed E-state index contributed by atoms with van der Waals surface area (Å²) in [4.78, 5) is 42.6. The minimum atomic E-state index is -1.19. The van der Waals surface area contributed by atoms with Crippen molar-refractivity contribution in [2.75, 3.05) is 13.1 Å². The molecule has 2 aromatic rings. The van der Waals surface area contributed by atoms with Crippen LogP contribution in [0.5, 0.6) is 0 Å². The second kappa shape index (κ2) is 7.66. The van der Waals surface area contributed by atoms with Crippen LogP contribution in [0.4, 0.5) is 4.79 Å². The summed E-state index contributed by atoms with van der Waals surface area (Å²) in [6.45, 7) is 2.27. The molecule has 0 bridgehead atoms. The average Bonchev–Trinajstić information content (AvgIpc) is 3.02. The lowest BCUT2D eigenvalue weighted by Crippen LogP contribution is -2.53. The van der Waals surface area contributed by atoms with E-state index in [0.717, 1.165) is 47.0 Å². The fourth-order valence-electron chi connectivity index (χ4n) is 5.85. The number of amides is 4. The van der Waals surface area contributed by atoms with E-state index in [0.29, 0.717) is 5.92 Å². The highest BCUT2D eigenvalue weighted by Crippen LogP contribution is 2.36. The van der Waals surface area contributed by atoms with Gasteiger partial charge in [-0.3, -0.25) is 14.5 Å². The van der Waals surface area contributed by atoms with Crippen LogP contribution in [0.25, 0.3) is 10.8 Å². The Hall–Kier alpha value is -2.89. The van der Waals surface area contributed by atoms with E-state index >= 15 is 0 Å². The smallest absolute Gasteiger partial charge is 0.325 e. The first-order valence-corrected chi connectivity index (χ1v) is 11.4. The van der Waals surface area contributed by atoms with Crippen LogP contribution in [0, 0.1) is 5.92 Å². The Labute approximate surface area is 182 Å². The van der Waals surface area contributed by atoms with E-state index in [9.17, 15) is 14.4 Å². The van der Waals surface area contributed by atoms with Crippen molar-refractivity contribution in [3.63, 3.8) is 0 Å². The molecule has 2 saturated heterocycles. The van der Waals surface area contributed by atoms with Crippen LogP contribution in [0.1, 0.15) is 51.0 Å². The Balaban J connectivity index is 1.39. The predicted molar refractivity (Wildman–Crippen MR) is 118 cm³/mol. The third-order valence-electron chi connectivity index (χ3n) is 7.46. The Morgan fingerprint density at radius 2 is 1.77 bits per heavy atom. The largest absolute Gasteiger partial charge is 0.338 e. The zero-order valence-electron chi connectivity index (χ0n) is 18.0. The highest BCUT2D eigenvalue weighted by Gasteiger charge is 2.50. The van der Waals surface area contributed by atoms with Crippen LogP contribution in [-0.2, 0) is 15.1 Å². The second-order valence-electron chi connectivity index (χ2n) is 9.31. The van der Waals surface area contributed by atoms with E-state index in [4.69, 9.17) is 0 Å². The van der Waals surface area contributed by atoms with Gasteiger partial charge < -0.3 is 10.2 Å². The van der Waals surface area contributed by atoms with E-state index in [1.165, 1.54) is 19.3 Å². The zero-order chi connectivity index (χ0) is 21.6. The standard InChI is InChI=1S/C25H29N3O3/c1-25(20-13-6-10-17-8-2-4-12-19(17)20)23(30)28(24(31)26-25)16-22(29)27-15-7-11-18-9-3-5-14-21(18)27/h2,4,6,8,10,12-13,18,21H,3,5,7,9,11,14-16H2,1H3,(H,26,31)/t18-,21-,25+/m0/s1. The first-order valence-electron chi connectivity index (χ1n) is 11.4. The summed E-state index contributed by atoms with van der Waals surface area (Å²) in [5, 5.41) is 4.80. The first-order chi connectivity index (χ1) is 15.0. The topological polar surface area (TPSA) is 69.7 Å². The summed E-state index contributed by atoms with van der Waals surface area (Å²) in [5.41, 5.74) is -0.433. The first kappa shape index (κ1) is 20.0. The van der Waals surface area contributed by atoms with E-state index in [2.05, 4.69) is 5.32 Å². The van der Waals surface area contributed by atoms with Crippen molar-refractivity contribution < 1.29 is 14.4 Å². The van der Waals surface area contributed by atoms with Crippen LogP contribution >= 0.6 is 0 Å². The fraction of sp³-hybridized carbons (Fsp3) is 0.480. The van der Waals surface area contributed by atoms with Crippen molar-refractivity contribution in [2.24, 2.45) is 5.92 Å². The summed E-state index contributed by atoms with van der Waals surface area (Å²) in [5.74, 6) is 0.0946. The highest BCUT2D eigenvalue weighted by atomic mass is 16.2. The average molecular weight is 420 g/mol. The lowest BCUT2D eigenvalue weighted by atomic mass is 9.78. The van der Waals surface area contributed by atoms with Crippen LogP contribution in [-0.4, -0.2) is 46.8 Å². The molecule has 2 heterocycles. The molecule has 0 unspecified atom stereocenters. The molecule has 6 heteroatoms. The van der Waals surface area contributed by atoms with E-state index in [-0.39, 0.29) is 24.4 Å². The normalized spacial score (nSPS) is 28.5. The summed E-state index contributed by atoms with van der Waals surface area (Å²) in [7, 11) is 0. The zero-order valence-corrected chi connectivity index (χ0v) is 18.0. The third-order valence-corrected chi connectivity index (χ3v) is 7.46. The summed E-state index contributed by atoms with van der Waals surface area (Å²) in [6, 6.07) is 13.4. The Bertz CT molecular complexity index is 1040. The molecule has 0 radical (unpaired) electrons. The number of carbonyl (C=O) groups excluding carboxylic acids is 3. The van der Waals surface area contributed by atoms with E-state index in [1.807, 2.05) is 47.4 Å². The van der Waals surface area contributed by atoms with Crippen molar-refractivity contribution in [1.82, 2.24) is 15.1 Å². The summed E-state index contributed by atoms with van der Waals surface area (Å²) in [6.07, 6.45) is 6.77. The van der Waals surface area contributed by atoms with Crippen LogP contribution in [0.2, 0.25) is 0 Å². The fourth-order valence-corrected chi connectivity index (χ4v) is 5.85. The van der Waals surface area contributed by atoms with Gasteiger partial charge in [-0.05, 0) is 54.9 Å². The molecule has 3 atom stereocenters. The number of likely N-dealkylation sites (tertiary alicyclic amines) is 1. The van der Waals surface area contributed by atoms with Gasteiger partial charge in [0.15, 0.2) is 0 Å². The second-order valence-corrected chi connectivity index (χ2v) is 9.31. The van der Waals surface area contributed by atoms with Gasteiger partial charge in [-0.25, -0.2) is 4.79 Å². The van der Waals surface area contributed by atoms with Crippen LogP contribution in [0.15, 0.2) is 42.5 Å². The molecule has 0 aromatic heterocycles. The number of benzene rings is 2. The molecule has 3 aliphatic rings. The maximum absolute atomic E-state index is 13.5. The molecule has 1 saturated carbocycles. The molecule has 162 valence electrons. The molecule has 2 aromatic carbocycles. The van der Waals surface area contributed by atoms with Crippen molar-refractivity contribution in [3.8, 4) is 0 Å². The van der Waals surface area contributed by atoms with Gasteiger partial charge in [0, 0.05) is 12.6 Å². The molecule has 31 heavy (non-hydrogen) atoms. The SMILES string of the molecule is C[C@]1(c2cccc3ccccc23)NC(=O)N(CC(=O)N2CCC[C@@H]3CCCC[C@@H]32)C1=O. The molecule has 0 spiro atoms. The maximum Gasteiger partial charge on any atom is 0.325 e. The Kier molecular flexibility index (Phi) is 4.95. The number of nitrogens with one attached hydrogen (secondary N) is 1.